The van der Waals surface area contributed by atoms with E-state index in [-0.39, 0.29) is 10.8 Å². The van der Waals surface area contributed by atoms with Gasteiger partial charge in [-0.3, -0.25) is 0 Å². The van der Waals surface area contributed by atoms with E-state index in [2.05, 4.69) is 101 Å². The van der Waals surface area contributed by atoms with Gasteiger partial charge in [0.05, 0.1) is 0 Å². The highest BCUT2D eigenvalue weighted by Crippen LogP contribution is 2.36. The van der Waals surface area contributed by atoms with Gasteiger partial charge in [-0.2, -0.15) is 0 Å². The molecule has 0 N–H and O–H groups in total. The molecule has 0 spiro atoms. The molecule has 2 aromatic carbocycles. The topological polar surface area (TPSA) is 0 Å². The third-order valence-corrected chi connectivity index (χ3v) is 4.79. The first kappa shape index (κ1) is 17.3. The van der Waals surface area contributed by atoms with Gasteiger partial charge < -0.3 is 0 Å². The van der Waals surface area contributed by atoms with Crippen molar-refractivity contribution >= 4 is 15.9 Å². The zero-order valence-corrected chi connectivity index (χ0v) is 16.4. The molecule has 0 aromatic heterocycles. The fraction of sp³-hybridized carbons (Fsp3) is 0.429. The Hall–Kier alpha value is -1.08. The van der Waals surface area contributed by atoms with E-state index in [0.29, 0.717) is 0 Å². The first-order valence-electron chi connectivity index (χ1n) is 7.91. The molecule has 0 radical (unpaired) electrons. The van der Waals surface area contributed by atoms with Crippen LogP contribution in [0.1, 0.15) is 58.2 Å². The molecule has 0 bridgehead atoms. The molecule has 0 fully saturated rings. The Kier molecular flexibility index (Phi) is 4.59. The van der Waals surface area contributed by atoms with Crippen LogP contribution in [-0.4, -0.2) is 0 Å². The van der Waals surface area contributed by atoms with Gasteiger partial charge in [0.1, 0.15) is 0 Å². The standard InChI is InChI=1S/C21H27Br/c1-14-8-9-19(22)18(10-14)15-11-16(20(2,3)4)13-17(12-15)21(5,6)7/h8-13H,1-7H3. The fourth-order valence-electron chi connectivity index (χ4n) is 2.51. The van der Waals surface area contributed by atoms with Gasteiger partial charge >= 0.3 is 0 Å². The second-order valence-electron chi connectivity index (χ2n) is 8.28. The van der Waals surface area contributed by atoms with Crippen LogP contribution in [0.5, 0.6) is 0 Å². The normalized spacial score (nSPS) is 12.5. The molecule has 0 aliphatic rings. The maximum Gasteiger partial charge on any atom is 0.0253 e. The fourth-order valence-corrected chi connectivity index (χ4v) is 2.99. The van der Waals surface area contributed by atoms with Crippen molar-refractivity contribution in [2.24, 2.45) is 0 Å². The zero-order valence-electron chi connectivity index (χ0n) is 14.8. The van der Waals surface area contributed by atoms with E-state index in [1.807, 2.05) is 0 Å². The van der Waals surface area contributed by atoms with Crippen molar-refractivity contribution in [2.75, 3.05) is 0 Å². The smallest absolute Gasteiger partial charge is 0.0253 e. The minimum Gasteiger partial charge on any atom is -0.0582 e. The van der Waals surface area contributed by atoms with Crippen LogP contribution >= 0.6 is 15.9 Å². The molecule has 0 saturated carbocycles. The largest absolute Gasteiger partial charge is 0.0582 e. The second kappa shape index (κ2) is 5.85. The van der Waals surface area contributed by atoms with Crippen molar-refractivity contribution < 1.29 is 0 Å². The molecule has 0 atom stereocenters. The molecule has 0 unspecified atom stereocenters. The molecule has 22 heavy (non-hydrogen) atoms. The second-order valence-corrected chi connectivity index (χ2v) is 9.14. The van der Waals surface area contributed by atoms with Gasteiger partial charge in [0, 0.05) is 4.47 Å². The summed E-state index contributed by atoms with van der Waals surface area (Å²) in [5.41, 5.74) is 6.94. The van der Waals surface area contributed by atoms with Gasteiger partial charge in [0.15, 0.2) is 0 Å². The van der Waals surface area contributed by atoms with Crippen LogP contribution < -0.4 is 0 Å². The van der Waals surface area contributed by atoms with E-state index in [0.717, 1.165) is 4.47 Å². The Labute approximate surface area is 144 Å². The van der Waals surface area contributed by atoms with Crippen LogP contribution in [0, 0.1) is 6.92 Å². The van der Waals surface area contributed by atoms with Crippen LogP contribution in [0.2, 0.25) is 0 Å². The van der Waals surface area contributed by atoms with Crippen molar-refractivity contribution in [3.8, 4) is 11.1 Å². The highest BCUT2D eigenvalue weighted by molar-refractivity contribution is 9.10. The van der Waals surface area contributed by atoms with Gasteiger partial charge in [-0.05, 0) is 46.1 Å². The molecule has 0 saturated heterocycles. The lowest BCUT2D eigenvalue weighted by Gasteiger charge is -2.26. The number of aryl methyl sites for hydroxylation is 1. The minimum atomic E-state index is 0.145. The molecule has 118 valence electrons. The van der Waals surface area contributed by atoms with Crippen LogP contribution in [0.25, 0.3) is 11.1 Å². The Morgan fingerprint density at radius 2 is 1.23 bits per heavy atom. The van der Waals surface area contributed by atoms with Crippen LogP contribution in [0.4, 0.5) is 0 Å². The predicted molar refractivity (Wildman–Crippen MR) is 102 cm³/mol. The van der Waals surface area contributed by atoms with Crippen molar-refractivity contribution in [2.45, 2.75) is 59.3 Å². The van der Waals surface area contributed by atoms with E-state index in [1.54, 1.807) is 0 Å². The summed E-state index contributed by atoms with van der Waals surface area (Å²) in [6.45, 7) is 15.8. The van der Waals surface area contributed by atoms with Crippen molar-refractivity contribution in [3.63, 3.8) is 0 Å². The molecule has 0 aliphatic heterocycles. The zero-order chi connectivity index (χ0) is 16.7. The highest BCUT2D eigenvalue weighted by Gasteiger charge is 2.21. The van der Waals surface area contributed by atoms with Gasteiger partial charge in [0.2, 0.25) is 0 Å². The van der Waals surface area contributed by atoms with Gasteiger partial charge in [-0.15, -0.1) is 0 Å². The summed E-state index contributed by atoms with van der Waals surface area (Å²) in [7, 11) is 0. The Morgan fingerprint density at radius 3 is 1.68 bits per heavy atom. The van der Waals surface area contributed by atoms with Gasteiger partial charge in [-0.1, -0.05) is 93.4 Å². The lowest BCUT2D eigenvalue weighted by Crippen LogP contribution is -2.16. The molecule has 1 heteroatoms. The molecule has 2 rings (SSSR count). The Bertz CT molecular complexity index is 650. The van der Waals surface area contributed by atoms with Crippen LogP contribution in [-0.2, 0) is 10.8 Å². The minimum absolute atomic E-state index is 0.145. The van der Waals surface area contributed by atoms with Crippen LogP contribution in [0.15, 0.2) is 40.9 Å². The van der Waals surface area contributed by atoms with Crippen molar-refractivity contribution in [1.82, 2.24) is 0 Å². The predicted octanol–water partition coefficient (Wildman–Crippen LogP) is 7.02. The maximum absolute atomic E-state index is 3.72. The van der Waals surface area contributed by atoms with E-state index in [1.165, 1.54) is 27.8 Å². The summed E-state index contributed by atoms with van der Waals surface area (Å²) in [6.07, 6.45) is 0. The van der Waals surface area contributed by atoms with Crippen molar-refractivity contribution in [3.05, 3.63) is 57.6 Å². The molecular weight excluding hydrogens is 332 g/mol. The summed E-state index contributed by atoms with van der Waals surface area (Å²) in [5.74, 6) is 0. The van der Waals surface area contributed by atoms with Gasteiger partial charge in [0.25, 0.3) is 0 Å². The van der Waals surface area contributed by atoms with Crippen molar-refractivity contribution in [1.29, 1.82) is 0 Å². The van der Waals surface area contributed by atoms with Gasteiger partial charge in [-0.25, -0.2) is 0 Å². The number of benzene rings is 2. The van der Waals surface area contributed by atoms with Crippen LogP contribution in [0.3, 0.4) is 0 Å². The van der Waals surface area contributed by atoms with E-state index in [9.17, 15) is 0 Å². The summed E-state index contributed by atoms with van der Waals surface area (Å²) < 4.78 is 1.16. The summed E-state index contributed by atoms with van der Waals surface area (Å²) in [5, 5.41) is 0. The summed E-state index contributed by atoms with van der Waals surface area (Å²) >= 11 is 3.72. The third kappa shape index (κ3) is 3.81. The Balaban J connectivity index is 2.73. The first-order valence-corrected chi connectivity index (χ1v) is 8.70. The SMILES string of the molecule is Cc1ccc(Br)c(-c2cc(C(C)(C)C)cc(C(C)(C)C)c2)c1. The van der Waals surface area contributed by atoms with E-state index >= 15 is 0 Å². The molecule has 0 amide bonds. The quantitative estimate of drug-likeness (QED) is 0.513. The molecule has 0 heterocycles. The number of hydrogen-bond acceptors (Lipinski definition) is 0. The number of hydrogen-bond donors (Lipinski definition) is 0. The highest BCUT2D eigenvalue weighted by atomic mass is 79.9. The molecule has 0 nitrogen and oxygen atoms in total. The average molecular weight is 359 g/mol. The molecule has 2 aromatic rings. The van der Waals surface area contributed by atoms with E-state index < -0.39 is 0 Å². The molecular formula is C21H27Br. The monoisotopic (exact) mass is 358 g/mol. The number of halogens is 1. The summed E-state index contributed by atoms with van der Waals surface area (Å²) in [6, 6.07) is 13.6. The lowest BCUT2D eigenvalue weighted by molar-refractivity contribution is 0.569. The Morgan fingerprint density at radius 1 is 0.727 bits per heavy atom. The maximum atomic E-state index is 3.72. The lowest BCUT2D eigenvalue weighted by atomic mass is 9.79. The third-order valence-electron chi connectivity index (χ3n) is 4.10. The summed E-state index contributed by atoms with van der Waals surface area (Å²) in [4.78, 5) is 0. The molecule has 0 aliphatic carbocycles. The number of rotatable bonds is 1. The van der Waals surface area contributed by atoms with E-state index in [4.69, 9.17) is 0 Å². The first-order chi connectivity index (χ1) is 9.98. The average Bonchev–Trinajstić information content (AvgIpc) is 2.39.